The van der Waals surface area contributed by atoms with Crippen LogP contribution in [0, 0.1) is 29.2 Å². The normalized spacial score (nSPS) is 19.4. The van der Waals surface area contributed by atoms with Gasteiger partial charge in [0, 0.05) is 126 Å². The molecule has 0 spiro atoms. The number of fused-ring (bicyclic) bond motifs is 1. The first-order valence-corrected chi connectivity index (χ1v) is 22.9. The van der Waals surface area contributed by atoms with Gasteiger partial charge >= 0.3 is 0 Å². The van der Waals surface area contributed by atoms with E-state index in [1.165, 1.54) is 16.7 Å². The fraction of sp³-hybridized carbons (Fsp3) is 0.408. The van der Waals surface area contributed by atoms with Crippen LogP contribution < -0.4 is 26.4 Å². The number of piperidine rings is 2. The number of halogens is 4. The highest BCUT2D eigenvalue weighted by atomic mass is 19.1. The molecule has 0 bridgehead atoms. The van der Waals surface area contributed by atoms with Crippen molar-refractivity contribution in [2.75, 3.05) is 81.5 Å². The topological polar surface area (TPSA) is 140 Å². The summed E-state index contributed by atoms with van der Waals surface area (Å²) in [5, 5.41) is 8.69. The molecule has 5 aromatic rings. The lowest BCUT2D eigenvalue weighted by molar-refractivity contribution is -0.133. The monoisotopic (exact) mass is 922 g/mol. The van der Waals surface area contributed by atoms with Crippen molar-refractivity contribution >= 4 is 51.4 Å². The number of likely N-dealkylation sites (tertiary alicyclic amines) is 1. The van der Waals surface area contributed by atoms with E-state index >= 15 is 13.2 Å². The second kappa shape index (κ2) is 19.0. The maximum atomic E-state index is 15.8. The number of amides is 3. The minimum absolute atomic E-state index is 0.0151. The van der Waals surface area contributed by atoms with Crippen LogP contribution in [0.3, 0.4) is 0 Å². The number of benzene rings is 2. The largest absolute Gasteiger partial charge is 0.386 e. The Kier molecular flexibility index (Phi) is 12.9. The third-order valence-corrected chi connectivity index (χ3v) is 14.0. The van der Waals surface area contributed by atoms with Gasteiger partial charge in [-0.3, -0.25) is 38.9 Å². The van der Waals surface area contributed by atoms with E-state index in [4.69, 9.17) is 0 Å². The Hall–Kier alpha value is -6.53. The highest BCUT2D eigenvalue weighted by Crippen LogP contribution is 2.35. The first-order valence-electron chi connectivity index (χ1n) is 22.9. The molecule has 2 aromatic carbocycles. The first kappa shape index (κ1) is 45.6. The molecule has 3 N–H and O–H groups in total. The van der Waals surface area contributed by atoms with Crippen molar-refractivity contribution in [2.24, 2.45) is 13.0 Å². The molecule has 0 saturated carbocycles. The van der Waals surface area contributed by atoms with Crippen LogP contribution >= 0.6 is 0 Å². The van der Waals surface area contributed by atoms with Crippen molar-refractivity contribution in [1.82, 2.24) is 34.1 Å². The number of nitrogens with zero attached hydrogens (tertiary/aromatic N) is 7. The van der Waals surface area contributed by atoms with Crippen LogP contribution in [-0.2, 0) is 16.6 Å². The van der Waals surface area contributed by atoms with Gasteiger partial charge < -0.3 is 25.0 Å². The Labute approximate surface area is 385 Å². The lowest BCUT2D eigenvalue weighted by Gasteiger charge is -2.39. The van der Waals surface area contributed by atoms with Crippen molar-refractivity contribution in [3.05, 3.63) is 117 Å². The number of pyridine rings is 2. The maximum absolute atomic E-state index is 15.8. The number of rotatable bonds is 11. The molecule has 4 aliphatic heterocycles. The van der Waals surface area contributed by atoms with Gasteiger partial charge in [0.2, 0.25) is 11.8 Å². The fourth-order valence-electron chi connectivity index (χ4n) is 10.1. The Bertz CT molecular complexity index is 2810. The van der Waals surface area contributed by atoms with E-state index < -0.39 is 40.9 Å². The van der Waals surface area contributed by atoms with E-state index in [0.29, 0.717) is 91.7 Å². The quantitative estimate of drug-likeness (QED) is 0.106. The predicted molar refractivity (Wildman–Crippen MR) is 248 cm³/mol. The van der Waals surface area contributed by atoms with Gasteiger partial charge in [-0.05, 0) is 86.6 Å². The summed E-state index contributed by atoms with van der Waals surface area (Å²) in [7, 11) is 3.43. The average Bonchev–Trinajstić information content (AvgIpc) is 3.66. The Balaban J connectivity index is 0.769. The van der Waals surface area contributed by atoms with Gasteiger partial charge in [-0.25, -0.2) is 22.5 Å². The maximum Gasteiger partial charge on any atom is 0.257 e. The van der Waals surface area contributed by atoms with E-state index in [2.05, 4.69) is 30.7 Å². The zero-order chi connectivity index (χ0) is 47.1. The Morgan fingerprint density at radius 3 is 2.27 bits per heavy atom. The predicted octanol–water partition coefficient (Wildman–Crippen LogP) is 6.06. The van der Waals surface area contributed by atoms with E-state index in [-0.39, 0.29) is 41.0 Å². The van der Waals surface area contributed by atoms with Crippen molar-refractivity contribution in [3.63, 3.8) is 0 Å². The fourth-order valence-corrected chi connectivity index (χ4v) is 10.1. The van der Waals surface area contributed by atoms with Crippen molar-refractivity contribution in [3.8, 4) is 5.69 Å². The molecule has 3 fully saturated rings. The molecular formula is C49H54F4N10O4. The first-order chi connectivity index (χ1) is 32.3. The number of anilines is 3. The van der Waals surface area contributed by atoms with Gasteiger partial charge in [0.15, 0.2) is 5.82 Å². The molecule has 352 valence electrons. The molecule has 9 rings (SSSR count). The number of aryl methyl sites for hydroxylation is 1. The lowest BCUT2D eigenvalue weighted by Crippen LogP contribution is -2.49. The number of hydrogen-bond donors (Lipinski definition) is 3. The summed E-state index contributed by atoms with van der Waals surface area (Å²) in [4.78, 5) is 62.9. The Morgan fingerprint density at radius 1 is 0.851 bits per heavy atom. The summed E-state index contributed by atoms with van der Waals surface area (Å²) in [5.74, 6) is -3.27. The van der Waals surface area contributed by atoms with Crippen molar-refractivity contribution < 1.29 is 31.9 Å². The third-order valence-electron chi connectivity index (χ3n) is 14.0. The third kappa shape index (κ3) is 9.28. The van der Waals surface area contributed by atoms with Crippen LogP contribution in [-0.4, -0.2) is 119 Å². The van der Waals surface area contributed by atoms with Gasteiger partial charge in [-0.1, -0.05) is 6.08 Å². The van der Waals surface area contributed by atoms with E-state index in [0.717, 1.165) is 56.5 Å². The van der Waals surface area contributed by atoms with Crippen LogP contribution in [0.15, 0.2) is 71.8 Å². The number of imide groups is 1. The van der Waals surface area contributed by atoms with Gasteiger partial charge in [0.1, 0.15) is 29.1 Å². The van der Waals surface area contributed by atoms with Gasteiger partial charge in [0.25, 0.3) is 11.5 Å². The number of carbonyl (C=O) groups excluding carboxylic acids is 3. The summed E-state index contributed by atoms with van der Waals surface area (Å²) in [5.41, 5.74) is 3.10. The second-order valence-corrected chi connectivity index (χ2v) is 18.0. The number of piperazine rings is 1. The van der Waals surface area contributed by atoms with Gasteiger partial charge in [0.05, 0.1) is 23.3 Å². The van der Waals surface area contributed by atoms with Crippen LogP contribution in [0.5, 0.6) is 0 Å². The SMILES string of the molecule is CNc1cc(=O)n(-c2ccnc3c2cc([C@H](C)N2CC=C(c4c(F)cc(C(=O)N5CCC(CN6CCN(c7ccc(N[C@@H]8CCC(=O)NC8=O)cc7F)CC6)CC5)cc4F)CC2)n3C)cc1F. The van der Waals surface area contributed by atoms with Crippen LogP contribution in [0.4, 0.5) is 34.6 Å². The zero-order valence-corrected chi connectivity index (χ0v) is 37.8. The van der Waals surface area contributed by atoms with Crippen LogP contribution in [0.2, 0.25) is 0 Å². The Morgan fingerprint density at radius 2 is 1.60 bits per heavy atom. The summed E-state index contributed by atoms with van der Waals surface area (Å²) in [6, 6.07) is 11.2. The van der Waals surface area contributed by atoms with E-state index in [1.54, 1.807) is 36.3 Å². The standard InChI is InChI=1S/C49H54F4N10O4/c1-29(43-25-34-41(8-13-55-47(34)58(43)3)63-28-38(53)40(54-2)26-45(63)65)60-16-11-31(12-17-60)46-36(51)22-32(23-37(46)52)49(67)62-14-9-30(10-15-62)27-59-18-20-61(21-19-59)42-6-4-33(24-35(42)50)56-39-5-7-44(64)57-48(39)66/h4,6,8,11,13,22-26,28-30,39,54,56H,5,7,9-10,12,14-21,27H2,1-3H3,(H,57,64,66)/t29-,39+/m0/s1. The molecule has 7 heterocycles. The molecule has 3 saturated heterocycles. The molecule has 0 unspecified atom stereocenters. The molecule has 2 atom stereocenters. The zero-order valence-electron chi connectivity index (χ0n) is 37.8. The number of hydrogen-bond acceptors (Lipinski definition) is 10. The second-order valence-electron chi connectivity index (χ2n) is 18.0. The molecule has 14 nitrogen and oxygen atoms in total. The molecule has 0 radical (unpaired) electrons. The number of aromatic nitrogens is 3. The van der Waals surface area contributed by atoms with Gasteiger partial charge in [-0.15, -0.1) is 0 Å². The van der Waals surface area contributed by atoms with Crippen LogP contribution in [0.25, 0.3) is 22.3 Å². The highest BCUT2D eigenvalue weighted by Gasteiger charge is 2.31. The summed E-state index contributed by atoms with van der Waals surface area (Å²) < 4.78 is 64.8. The average molecular weight is 923 g/mol. The molecule has 3 amide bonds. The molecule has 0 aliphatic carbocycles. The summed E-state index contributed by atoms with van der Waals surface area (Å²) in [6.45, 7) is 7.54. The molecule has 67 heavy (non-hydrogen) atoms. The minimum atomic E-state index is -0.772. The van der Waals surface area contributed by atoms with Gasteiger partial charge in [-0.2, -0.15) is 0 Å². The number of carbonyl (C=O) groups is 3. The molecule has 18 heteroatoms. The highest BCUT2D eigenvalue weighted by molar-refractivity contribution is 6.01. The number of nitrogens with one attached hydrogen (secondary N) is 3. The summed E-state index contributed by atoms with van der Waals surface area (Å²) in [6.07, 6.45) is 7.05. The van der Waals surface area contributed by atoms with Crippen molar-refractivity contribution in [1.29, 1.82) is 0 Å². The smallest absolute Gasteiger partial charge is 0.257 e. The van der Waals surface area contributed by atoms with E-state index in [9.17, 15) is 23.6 Å². The summed E-state index contributed by atoms with van der Waals surface area (Å²) >= 11 is 0. The van der Waals surface area contributed by atoms with Crippen molar-refractivity contribution in [2.45, 2.75) is 51.1 Å². The lowest BCUT2D eigenvalue weighted by atomic mass is 9.94. The van der Waals surface area contributed by atoms with Crippen LogP contribution in [0.1, 0.15) is 66.7 Å². The molecule has 3 aromatic heterocycles. The molecular weight excluding hydrogens is 869 g/mol. The minimum Gasteiger partial charge on any atom is -0.386 e. The molecule has 4 aliphatic rings. The van der Waals surface area contributed by atoms with E-state index in [1.807, 2.05) is 35.6 Å².